The highest BCUT2D eigenvalue weighted by Crippen LogP contribution is 2.16. The van der Waals surface area contributed by atoms with Gasteiger partial charge in [0.2, 0.25) is 0 Å². The summed E-state index contributed by atoms with van der Waals surface area (Å²) in [6.07, 6.45) is 2.37. The van der Waals surface area contributed by atoms with Crippen molar-refractivity contribution in [2.45, 2.75) is 20.3 Å². The zero-order valence-corrected chi connectivity index (χ0v) is 14.6. The van der Waals surface area contributed by atoms with Crippen molar-refractivity contribution in [3.63, 3.8) is 0 Å². The number of hydrogen-bond acceptors (Lipinski definition) is 4. The van der Waals surface area contributed by atoms with Gasteiger partial charge in [-0.3, -0.25) is 14.6 Å². The van der Waals surface area contributed by atoms with Crippen LogP contribution in [-0.4, -0.2) is 53.2 Å². The van der Waals surface area contributed by atoms with Crippen LogP contribution >= 0.6 is 0 Å². The van der Waals surface area contributed by atoms with Crippen molar-refractivity contribution < 1.29 is 19.4 Å². The van der Waals surface area contributed by atoms with Crippen LogP contribution in [0.1, 0.15) is 30.6 Å². The van der Waals surface area contributed by atoms with Gasteiger partial charge in [-0.05, 0) is 37.6 Å². The maximum absolute atomic E-state index is 12.9. The fourth-order valence-corrected chi connectivity index (χ4v) is 2.58. The quantitative estimate of drug-likeness (QED) is 0.708. The summed E-state index contributed by atoms with van der Waals surface area (Å²) in [5, 5.41) is 10.0. The van der Waals surface area contributed by atoms with E-state index in [4.69, 9.17) is 9.84 Å². The number of rotatable bonds is 9. The van der Waals surface area contributed by atoms with Crippen molar-refractivity contribution in [2.24, 2.45) is 5.92 Å². The van der Waals surface area contributed by atoms with Crippen molar-refractivity contribution in [2.75, 3.05) is 26.3 Å². The van der Waals surface area contributed by atoms with Crippen LogP contribution in [0, 0.1) is 5.92 Å². The molecule has 6 heteroatoms. The van der Waals surface area contributed by atoms with E-state index in [0.717, 1.165) is 10.9 Å². The van der Waals surface area contributed by atoms with Gasteiger partial charge in [-0.25, -0.2) is 0 Å². The SMILES string of the molecule is CCOCCCN(CC(C)C(=O)O)C(=O)c1ccc2ncccc2c1. The Morgan fingerprint density at radius 1 is 1.32 bits per heavy atom. The standard InChI is InChI=1S/C19H24N2O4/c1-3-25-11-5-10-21(13-14(2)19(23)24)18(22)16-7-8-17-15(12-16)6-4-9-20-17/h4,6-9,12,14H,3,5,10-11,13H2,1-2H3,(H,23,24). The van der Waals surface area contributed by atoms with Gasteiger partial charge in [0.05, 0.1) is 11.4 Å². The van der Waals surface area contributed by atoms with Crippen LogP contribution < -0.4 is 0 Å². The van der Waals surface area contributed by atoms with Crippen LogP contribution in [0.2, 0.25) is 0 Å². The number of pyridine rings is 1. The Kier molecular flexibility index (Phi) is 6.89. The smallest absolute Gasteiger partial charge is 0.308 e. The molecule has 0 spiro atoms. The maximum atomic E-state index is 12.9. The third-order valence-corrected chi connectivity index (χ3v) is 3.97. The molecule has 1 aromatic carbocycles. The molecular weight excluding hydrogens is 320 g/mol. The number of carbonyl (C=O) groups is 2. The summed E-state index contributed by atoms with van der Waals surface area (Å²) in [6.45, 7) is 5.32. The first-order valence-electron chi connectivity index (χ1n) is 8.47. The predicted molar refractivity (Wildman–Crippen MR) is 95.6 cm³/mol. The second-order valence-corrected chi connectivity index (χ2v) is 5.95. The largest absolute Gasteiger partial charge is 0.481 e. The molecule has 0 aliphatic heterocycles. The van der Waals surface area contributed by atoms with E-state index in [1.54, 1.807) is 30.2 Å². The van der Waals surface area contributed by atoms with E-state index >= 15 is 0 Å². The summed E-state index contributed by atoms with van der Waals surface area (Å²) >= 11 is 0. The molecule has 0 aliphatic carbocycles. The summed E-state index contributed by atoms with van der Waals surface area (Å²) in [6, 6.07) is 9.06. The highest BCUT2D eigenvalue weighted by Gasteiger charge is 2.21. The summed E-state index contributed by atoms with van der Waals surface area (Å²) in [7, 11) is 0. The van der Waals surface area contributed by atoms with Gasteiger partial charge in [0.1, 0.15) is 0 Å². The van der Waals surface area contributed by atoms with Gasteiger partial charge in [-0.2, -0.15) is 0 Å². The molecule has 0 bridgehead atoms. The van der Waals surface area contributed by atoms with Crippen molar-refractivity contribution in [3.05, 3.63) is 42.1 Å². The monoisotopic (exact) mass is 344 g/mol. The van der Waals surface area contributed by atoms with Crippen molar-refractivity contribution in [3.8, 4) is 0 Å². The molecule has 0 saturated carbocycles. The van der Waals surface area contributed by atoms with E-state index in [2.05, 4.69) is 4.98 Å². The van der Waals surface area contributed by atoms with E-state index in [-0.39, 0.29) is 12.5 Å². The Labute approximate surface area is 147 Å². The number of benzene rings is 1. The Balaban J connectivity index is 2.17. The van der Waals surface area contributed by atoms with Gasteiger partial charge >= 0.3 is 5.97 Å². The number of aromatic nitrogens is 1. The molecule has 1 unspecified atom stereocenters. The predicted octanol–water partition coefficient (Wildman–Crippen LogP) is 2.82. The zero-order valence-electron chi connectivity index (χ0n) is 14.6. The van der Waals surface area contributed by atoms with Gasteiger partial charge in [0.25, 0.3) is 5.91 Å². The summed E-state index contributed by atoms with van der Waals surface area (Å²) in [4.78, 5) is 29.9. The molecular formula is C19H24N2O4. The number of hydrogen-bond donors (Lipinski definition) is 1. The first-order valence-corrected chi connectivity index (χ1v) is 8.47. The van der Waals surface area contributed by atoms with E-state index in [9.17, 15) is 9.59 Å². The number of ether oxygens (including phenoxy) is 1. The number of fused-ring (bicyclic) bond motifs is 1. The molecule has 0 fully saturated rings. The first-order chi connectivity index (χ1) is 12.0. The highest BCUT2D eigenvalue weighted by atomic mass is 16.5. The molecule has 0 saturated heterocycles. The van der Waals surface area contributed by atoms with Crippen LogP contribution in [0.15, 0.2) is 36.5 Å². The molecule has 1 amide bonds. The molecule has 1 heterocycles. The minimum atomic E-state index is -0.912. The molecule has 25 heavy (non-hydrogen) atoms. The third kappa shape index (κ3) is 5.26. The summed E-state index contributed by atoms with van der Waals surface area (Å²) in [5.74, 6) is -1.71. The van der Waals surface area contributed by atoms with Gasteiger partial charge < -0.3 is 14.7 Å². The van der Waals surface area contributed by atoms with Crippen LogP contribution in [0.3, 0.4) is 0 Å². The number of nitrogens with zero attached hydrogens (tertiary/aromatic N) is 2. The molecule has 0 radical (unpaired) electrons. The lowest BCUT2D eigenvalue weighted by Crippen LogP contribution is -2.38. The van der Waals surface area contributed by atoms with Crippen molar-refractivity contribution in [1.82, 2.24) is 9.88 Å². The molecule has 1 aromatic heterocycles. The van der Waals surface area contributed by atoms with Crippen LogP contribution in [-0.2, 0) is 9.53 Å². The lowest BCUT2D eigenvalue weighted by atomic mass is 10.1. The Bertz CT molecular complexity index is 732. The molecule has 1 atom stereocenters. The Hall–Kier alpha value is -2.47. The lowest BCUT2D eigenvalue weighted by molar-refractivity contribution is -0.141. The second-order valence-electron chi connectivity index (χ2n) is 5.95. The molecule has 1 N–H and O–H groups in total. The highest BCUT2D eigenvalue weighted by molar-refractivity contribution is 5.98. The Morgan fingerprint density at radius 3 is 2.84 bits per heavy atom. The van der Waals surface area contributed by atoms with Crippen molar-refractivity contribution >= 4 is 22.8 Å². The maximum Gasteiger partial charge on any atom is 0.308 e. The molecule has 2 rings (SSSR count). The van der Waals surface area contributed by atoms with Crippen LogP contribution in [0.25, 0.3) is 10.9 Å². The van der Waals surface area contributed by atoms with Crippen LogP contribution in [0.4, 0.5) is 0 Å². The molecule has 134 valence electrons. The zero-order chi connectivity index (χ0) is 18.2. The van der Waals surface area contributed by atoms with E-state index in [0.29, 0.717) is 31.7 Å². The lowest BCUT2D eigenvalue weighted by Gasteiger charge is -2.25. The molecule has 0 aliphatic rings. The fraction of sp³-hybridized carbons (Fsp3) is 0.421. The average Bonchev–Trinajstić information content (AvgIpc) is 2.63. The van der Waals surface area contributed by atoms with Gasteiger partial charge in [0.15, 0.2) is 0 Å². The Morgan fingerprint density at radius 2 is 2.12 bits per heavy atom. The topological polar surface area (TPSA) is 79.7 Å². The number of carbonyl (C=O) groups excluding carboxylic acids is 1. The molecule has 2 aromatic rings. The van der Waals surface area contributed by atoms with Crippen LogP contribution in [0.5, 0.6) is 0 Å². The third-order valence-electron chi connectivity index (χ3n) is 3.97. The summed E-state index contributed by atoms with van der Waals surface area (Å²) < 4.78 is 5.32. The van der Waals surface area contributed by atoms with Gasteiger partial charge in [-0.1, -0.05) is 13.0 Å². The van der Waals surface area contributed by atoms with Gasteiger partial charge in [-0.15, -0.1) is 0 Å². The average molecular weight is 344 g/mol. The number of aliphatic carboxylic acids is 1. The fourth-order valence-electron chi connectivity index (χ4n) is 2.58. The minimum absolute atomic E-state index is 0.171. The second kappa shape index (κ2) is 9.13. The number of amides is 1. The van der Waals surface area contributed by atoms with Crippen molar-refractivity contribution in [1.29, 1.82) is 0 Å². The first kappa shape index (κ1) is 18.9. The van der Waals surface area contributed by atoms with E-state index in [1.807, 2.05) is 25.1 Å². The van der Waals surface area contributed by atoms with E-state index < -0.39 is 11.9 Å². The summed E-state index contributed by atoms with van der Waals surface area (Å²) in [5.41, 5.74) is 1.36. The minimum Gasteiger partial charge on any atom is -0.481 e. The van der Waals surface area contributed by atoms with Gasteiger partial charge in [0, 0.05) is 43.4 Å². The van der Waals surface area contributed by atoms with E-state index in [1.165, 1.54) is 0 Å². The molecule has 6 nitrogen and oxygen atoms in total. The number of carboxylic acids is 1. The normalized spacial score (nSPS) is 12.1. The number of carboxylic acid groups (broad SMARTS) is 1.